The van der Waals surface area contributed by atoms with E-state index in [1.165, 1.54) is 11.2 Å². The molecule has 6 rings (SSSR count). The minimum Gasteiger partial charge on any atom is -0.383 e. The second-order valence-electron chi connectivity index (χ2n) is 12.2. The van der Waals surface area contributed by atoms with E-state index in [9.17, 15) is 18.8 Å². The van der Waals surface area contributed by atoms with Gasteiger partial charge in [-0.15, -0.1) is 5.53 Å². The van der Waals surface area contributed by atoms with E-state index in [4.69, 9.17) is 11.6 Å². The molecule has 3 heterocycles. The summed E-state index contributed by atoms with van der Waals surface area (Å²) < 4.78 is 27.9. The van der Waals surface area contributed by atoms with Crippen molar-refractivity contribution in [1.82, 2.24) is 25.9 Å². The first-order valence-corrected chi connectivity index (χ1v) is 14.3. The van der Waals surface area contributed by atoms with E-state index in [-0.39, 0.29) is 11.0 Å². The predicted octanol–water partition coefficient (Wildman–Crippen LogP) is 6.18. The van der Waals surface area contributed by atoms with Gasteiger partial charge < -0.3 is 21.0 Å². The first kappa shape index (κ1) is 28.7. The quantitative estimate of drug-likeness (QED) is 0.162. The average molecular weight is 605 g/mol. The van der Waals surface area contributed by atoms with Crippen molar-refractivity contribution in [2.24, 2.45) is 5.41 Å². The Kier molecular flexibility index (Phi) is 7.15. The van der Waals surface area contributed by atoms with E-state index in [0.717, 1.165) is 5.56 Å². The summed E-state index contributed by atoms with van der Waals surface area (Å²) in [6, 6.07) is 12.4. The molecule has 0 bridgehead atoms. The highest BCUT2D eigenvalue weighted by Crippen LogP contribution is 2.47. The number of nitrogens with zero attached hydrogens (tertiary/aromatic N) is 3. The number of hydrogen-bond donors (Lipinski definition) is 5. The summed E-state index contributed by atoms with van der Waals surface area (Å²) in [5.74, 6) is 0. The van der Waals surface area contributed by atoms with Gasteiger partial charge in [-0.2, -0.15) is 5.26 Å². The monoisotopic (exact) mass is 604 g/mol. The van der Waals surface area contributed by atoms with E-state index in [2.05, 4.69) is 58.4 Å². The van der Waals surface area contributed by atoms with Gasteiger partial charge in [0.15, 0.2) is 0 Å². The average Bonchev–Trinajstić information content (AvgIpc) is 3.64. The van der Waals surface area contributed by atoms with Crippen LogP contribution in [0.25, 0.3) is 21.7 Å². The molecule has 12 heteroatoms. The molecule has 4 aromatic rings. The van der Waals surface area contributed by atoms with Crippen LogP contribution in [0.1, 0.15) is 50.8 Å². The number of aromatic amines is 1. The number of nitrogens with one attached hydrogen (secondary N) is 5. The molecule has 222 valence electrons. The lowest BCUT2D eigenvalue weighted by atomic mass is 9.96. The Balaban J connectivity index is 1.48. The number of H-pyrrole nitrogens is 1. The van der Waals surface area contributed by atoms with Crippen LogP contribution < -0.4 is 27.2 Å². The van der Waals surface area contributed by atoms with Crippen molar-refractivity contribution < 1.29 is 8.78 Å². The Labute approximate surface area is 251 Å². The highest BCUT2D eigenvalue weighted by Gasteiger charge is 2.56. The molecule has 0 unspecified atom stereocenters. The lowest BCUT2D eigenvalue weighted by Crippen LogP contribution is -2.48. The van der Waals surface area contributed by atoms with Crippen LogP contribution in [-0.4, -0.2) is 33.5 Å². The van der Waals surface area contributed by atoms with E-state index >= 15 is 0 Å². The molecule has 1 atom stereocenters. The number of fused-ring (bicyclic) bond motifs is 2. The van der Waals surface area contributed by atoms with Crippen molar-refractivity contribution in [2.75, 3.05) is 17.2 Å². The van der Waals surface area contributed by atoms with Crippen LogP contribution in [0, 0.1) is 16.7 Å². The number of benzene rings is 2. The summed E-state index contributed by atoms with van der Waals surface area (Å²) in [4.78, 5) is 19.8. The van der Waals surface area contributed by atoms with Gasteiger partial charge in [-0.1, -0.05) is 44.5 Å². The maximum Gasteiger partial charge on any atom is 0.262 e. The highest BCUT2D eigenvalue weighted by molar-refractivity contribution is 6.35. The second-order valence-corrected chi connectivity index (χ2v) is 12.6. The van der Waals surface area contributed by atoms with Crippen molar-refractivity contribution in [3.63, 3.8) is 0 Å². The molecule has 9 nitrogen and oxygen atoms in total. The third kappa shape index (κ3) is 5.32. The topological polar surface area (TPSA) is 121 Å². The molecule has 43 heavy (non-hydrogen) atoms. The number of halogens is 3. The SMILES string of the molecule is CC(C)(C)CNc1c(C#N)cnc2c(Cl)cc(N[C@H](C3=CN(C4(C(F)F)CC4)NN3)c3cccc4c(=O)[nH]ccc34)cc12. The van der Waals surface area contributed by atoms with Crippen molar-refractivity contribution in [1.29, 1.82) is 5.26 Å². The molecule has 2 aromatic heterocycles. The van der Waals surface area contributed by atoms with Crippen molar-refractivity contribution in [2.45, 2.75) is 51.6 Å². The number of anilines is 2. The minimum atomic E-state index is -2.53. The van der Waals surface area contributed by atoms with E-state index in [0.29, 0.717) is 68.7 Å². The van der Waals surface area contributed by atoms with Gasteiger partial charge in [0.25, 0.3) is 12.0 Å². The molecule has 2 aromatic carbocycles. The van der Waals surface area contributed by atoms with Gasteiger partial charge in [0.2, 0.25) is 0 Å². The first-order valence-electron chi connectivity index (χ1n) is 13.9. The zero-order valence-corrected chi connectivity index (χ0v) is 24.6. The predicted molar refractivity (Wildman–Crippen MR) is 165 cm³/mol. The molecular formula is C31H31ClF2N8O. The molecule has 0 spiro atoms. The second kappa shape index (κ2) is 10.7. The van der Waals surface area contributed by atoms with Gasteiger partial charge in [0, 0.05) is 41.6 Å². The largest absolute Gasteiger partial charge is 0.383 e. The van der Waals surface area contributed by atoms with Gasteiger partial charge >= 0.3 is 0 Å². The van der Waals surface area contributed by atoms with E-state index in [1.807, 2.05) is 18.2 Å². The summed E-state index contributed by atoms with van der Waals surface area (Å²) in [6.45, 7) is 6.88. The molecule has 1 fully saturated rings. The van der Waals surface area contributed by atoms with Gasteiger partial charge in [0.05, 0.1) is 33.5 Å². The number of alkyl halides is 2. The summed E-state index contributed by atoms with van der Waals surface area (Å²) >= 11 is 6.76. The number of nitriles is 1. The standard InChI is InChI=1S/C31H31ClF2N8O/c1-30(2,3)16-38-25-17(13-35)14-37-26-22(25)11-18(12-23(26)32)39-27(20-5-4-6-21-19(20)7-10-36-28(21)43)24-15-42(41-40-24)31(8-9-31)29(33)34/h4-7,10-12,14-15,27,29,39-41H,8-9,16H2,1-3H3,(H,36,43)(H,37,38)/t27-/m0/s1. The highest BCUT2D eigenvalue weighted by atomic mass is 35.5. The smallest absolute Gasteiger partial charge is 0.262 e. The third-order valence-corrected chi connectivity index (χ3v) is 8.15. The zero-order valence-electron chi connectivity index (χ0n) is 23.9. The van der Waals surface area contributed by atoms with Gasteiger partial charge in [0.1, 0.15) is 11.6 Å². The van der Waals surface area contributed by atoms with Crippen molar-refractivity contribution in [3.8, 4) is 6.07 Å². The molecule has 0 radical (unpaired) electrons. The van der Waals surface area contributed by atoms with Crippen molar-refractivity contribution >= 4 is 44.7 Å². The van der Waals surface area contributed by atoms with Crippen LogP contribution in [0.4, 0.5) is 20.2 Å². The first-order chi connectivity index (χ1) is 20.5. The van der Waals surface area contributed by atoms with Crippen LogP contribution in [0.3, 0.4) is 0 Å². The summed E-state index contributed by atoms with van der Waals surface area (Å²) in [5.41, 5.74) is 7.89. The van der Waals surface area contributed by atoms with Gasteiger partial charge in [-0.05, 0) is 53.5 Å². The maximum atomic E-state index is 14.0. The van der Waals surface area contributed by atoms with Crippen LogP contribution in [-0.2, 0) is 0 Å². The Hall–Kier alpha value is -4.40. The van der Waals surface area contributed by atoms with E-state index in [1.54, 1.807) is 30.6 Å². The van der Waals surface area contributed by atoms with E-state index < -0.39 is 18.0 Å². The summed E-state index contributed by atoms with van der Waals surface area (Å²) in [7, 11) is 0. The van der Waals surface area contributed by atoms with Crippen LogP contribution in [0.2, 0.25) is 5.02 Å². The lowest BCUT2D eigenvalue weighted by Gasteiger charge is -2.25. The lowest BCUT2D eigenvalue weighted by molar-refractivity contribution is 0.00911. The van der Waals surface area contributed by atoms with Crippen molar-refractivity contribution in [3.05, 3.63) is 87.2 Å². The summed E-state index contributed by atoms with van der Waals surface area (Å²) in [6.07, 6.45) is 2.94. The molecule has 2 aliphatic rings. The fourth-order valence-electron chi connectivity index (χ4n) is 5.37. The fraction of sp³-hybridized carbons (Fsp3) is 0.323. The van der Waals surface area contributed by atoms with Gasteiger partial charge in [-0.25, -0.2) is 8.78 Å². The molecule has 1 aliphatic carbocycles. The third-order valence-electron chi connectivity index (χ3n) is 7.86. The van der Waals surface area contributed by atoms with Crippen LogP contribution in [0.15, 0.2) is 65.5 Å². The normalized spacial score (nSPS) is 16.6. The minimum absolute atomic E-state index is 0.0596. The Morgan fingerprint density at radius 3 is 2.67 bits per heavy atom. The molecule has 1 saturated carbocycles. The number of pyridine rings is 2. The number of rotatable bonds is 8. The maximum absolute atomic E-state index is 14.0. The van der Waals surface area contributed by atoms with Crippen LogP contribution >= 0.6 is 11.6 Å². The fourth-order valence-corrected chi connectivity index (χ4v) is 5.63. The summed E-state index contributed by atoms with van der Waals surface area (Å²) in [5, 5.41) is 20.5. The van der Waals surface area contributed by atoms with Crippen LogP contribution in [0.5, 0.6) is 0 Å². The molecule has 0 amide bonds. The molecule has 0 saturated heterocycles. The Bertz CT molecular complexity index is 1860. The molecule has 1 aliphatic heterocycles. The Morgan fingerprint density at radius 2 is 1.98 bits per heavy atom. The molecular weight excluding hydrogens is 574 g/mol. The van der Waals surface area contributed by atoms with Gasteiger partial charge in [-0.3, -0.25) is 14.8 Å². The number of aromatic nitrogens is 2. The zero-order chi connectivity index (χ0) is 30.5. The molecule has 5 N–H and O–H groups in total. The number of hydrogen-bond acceptors (Lipinski definition) is 8. The number of hydrazine groups is 2. The Morgan fingerprint density at radius 1 is 1.19 bits per heavy atom.